The van der Waals surface area contributed by atoms with Gasteiger partial charge in [0, 0.05) is 25.5 Å². The second kappa shape index (κ2) is 22.1. The molecule has 0 N–H and O–H groups in total. The first kappa shape index (κ1) is 29.4. The maximum absolute atomic E-state index is 2.68. The zero-order valence-electron chi connectivity index (χ0n) is 22.6. The maximum Gasteiger partial charge on any atom is 0.101 e. The summed E-state index contributed by atoms with van der Waals surface area (Å²) in [6.45, 7) is 9.45. The molecule has 32 heavy (non-hydrogen) atoms. The summed E-state index contributed by atoms with van der Waals surface area (Å²) in [5, 5.41) is 0. The molecule has 0 spiro atoms. The molecule has 1 aliphatic heterocycles. The summed E-state index contributed by atoms with van der Waals surface area (Å²) in [6.07, 6.45) is 36.5. The van der Waals surface area contributed by atoms with E-state index in [9.17, 15) is 0 Å². The molecular formula is C30H60N2. The number of hydrogen-bond acceptors (Lipinski definition) is 2. The second-order valence-electron chi connectivity index (χ2n) is 10.4. The van der Waals surface area contributed by atoms with Crippen molar-refractivity contribution in [2.75, 3.05) is 13.1 Å². The molecule has 0 saturated carbocycles. The molecule has 0 aromatic carbocycles. The zero-order valence-corrected chi connectivity index (χ0v) is 22.6. The molecule has 0 bridgehead atoms. The van der Waals surface area contributed by atoms with Gasteiger partial charge in [-0.05, 0) is 25.7 Å². The number of nitrogens with zero attached hydrogens (tertiary/aromatic N) is 2. The van der Waals surface area contributed by atoms with Gasteiger partial charge in [-0.25, -0.2) is 0 Å². The van der Waals surface area contributed by atoms with Crippen molar-refractivity contribution < 1.29 is 0 Å². The standard InChI is InChI=1S/C30H60N2/c1-4-7-10-13-14-15-16-17-18-21-24-27-32-29-28-31(26-23-20-12-9-6-3)30(32)25-22-19-11-8-5-2/h28-30H,4-27H2,1-3H3. The molecule has 0 aromatic rings. The van der Waals surface area contributed by atoms with Gasteiger partial charge >= 0.3 is 0 Å². The van der Waals surface area contributed by atoms with Crippen LogP contribution in [0.2, 0.25) is 0 Å². The van der Waals surface area contributed by atoms with Crippen LogP contribution in [-0.2, 0) is 0 Å². The van der Waals surface area contributed by atoms with Gasteiger partial charge in [-0.1, -0.05) is 136 Å². The van der Waals surface area contributed by atoms with Crippen LogP contribution in [0.5, 0.6) is 0 Å². The molecule has 0 radical (unpaired) electrons. The lowest BCUT2D eigenvalue weighted by atomic mass is 10.1. The minimum atomic E-state index is 0.644. The summed E-state index contributed by atoms with van der Waals surface area (Å²) < 4.78 is 0. The molecule has 2 heteroatoms. The van der Waals surface area contributed by atoms with Crippen LogP contribution in [0.4, 0.5) is 0 Å². The van der Waals surface area contributed by atoms with Gasteiger partial charge in [0.15, 0.2) is 0 Å². The average Bonchev–Trinajstić information content (AvgIpc) is 3.18. The fourth-order valence-electron chi connectivity index (χ4n) is 5.13. The Labute approximate surface area is 203 Å². The normalized spacial score (nSPS) is 15.9. The third-order valence-corrected chi connectivity index (χ3v) is 7.32. The van der Waals surface area contributed by atoms with E-state index in [0.29, 0.717) is 6.17 Å². The molecule has 0 aromatic heterocycles. The van der Waals surface area contributed by atoms with Crippen molar-refractivity contribution in [2.45, 2.75) is 168 Å². The number of rotatable bonds is 24. The first-order valence-corrected chi connectivity index (χ1v) is 15.0. The third kappa shape index (κ3) is 15.2. The Hall–Kier alpha value is -0.660. The molecule has 1 unspecified atom stereocenters. The molecule has 1 rings (SSSR count). The Kier molecular flexibility index (Phi) is 20.3. The largest absolute Gasteiger partial charge is 0.356 e. The van der Waals surface area contributed by atoms with Crippen molar-refractivity contribution in [2.24, 2.45) is 0 Å². The van der Waals surface area contributed by atoms with E-state index in [1.807, 2.05) is 0 Å². The molecule has 1 heterocycles. The molecular weight excluding hydrogens is 388 g/mol. The Morgan fingerprint density at radius 3 is 1.09 bits per heavy atom. The zero-order chi connectivity index (χ0) is 23.1. The van der Waals surface area contributed by atoms with Gasteiger partial charge in [-0.3, -0.25) is 0 Å². The van der Waals surface area contributed by atoms with Crippen LogP contribution in [0.25, 0.3) is 0 Å². The molecule has 0 amide bonds. The van der Waals surface area contributed by atoms with E-state index in [4.69, 9.17) is 0 Å². The smallest absolute Gasteiger partial charge is 0.101 e. The molecule has 1 aliphatic rings. The van der Waals surface area contributed by atoms with Gasteiger partial charge < -0.3 is 9.80 Å². The quantitative estimate of drug-likeness (QED) is 0.135. The highest BCUT2D eigenvalue weighted by atomic mass is 15.4. The first-order valence-electron chi connectivity index (χ1n) is 15.0. The summed E-state index contributed by atoms with van der Waals surface area (Å²) in [7, 11) is 0. The highest BCUT2D eigenvalue weighted by Crippen LogP contribution is 2.23. The maximum atomic E-state index is 2.68. The fourth-order valence-corrected chi connectivity index (χ4v) is 5.13. The molecule has 2 nitrogen and oxygen atoms in total. The lowest BCUT2D eigenvalue weighted by molar-refractivity contribution is 0.135. The van der Waals surface area contributed by atoms with Crippen LogP contribution in [-0.4, -0.2) is 29.1 Å². The SMILES string of the molecule is CCCCCCCCCCCCCN1C=CN(CCCCCCC)C1CCCCCCC. The Bertz CT molecular complexity index is 406. The van der Waals surface area contributed by atoms with Crippen molar-refractivity contribution in [3.63, 3.8) is 0 Å². The Morgan fingerprint density at radius 2 is 0.719 bits per heavy atom. The third-order valence-electron chi connectivity index (χ3n) is 7.32. The summed E-state index contributed by atoms with van der Waals surface area (Å²) in [6, 6.07) is 0. The van der Waals surface area contributed by atoms with Gasteiger partial charge in [0.05, 0.1) is 0 Å². The summed E-state index contributed by atoms with van der Waals surface area (Å²) in [4.78, 5) is 5.35. The van der Waals surface area contributed by atoms with Crippen LogP contribution in [0.1, 0.15) is 162 Å². The number of unbranched alkanes of at least 4 members (excludes halogenated alkanes) is 18. The first-order chi connectivity index (χ1) is 15.8. The van der Waals surface area contributed by atoms with Crippen LogP contribution < -0.4 is 0 Å². The van der Waals surface area contributed by atoms with Gasteiger partial charge in [-0.15, -0.1) is 0 Å². The lowest BCUT2D eigenvalue weighted by Crippen LogP contribution is -2.39. The van der Waals surface area contributed by atoms with Crippen LogP contribution in [0.15, 0.2) is 12.4 Å². The summed E-state index contributed by atoms with van der Waals surface area (Å²) >= 11 is 0. The Balaban J connectivity index is 2.20. The molecule has 0 saturated heterocycles. The Morgan fingerprint density at radius 1 is 0.406 bits per heavy atom. The van der Waals surface area contributed by atoms with Crippen molar-refractivity contribution in [3.8, 4) is 0 Å². The summed E-state index contributed by atoms with van der Waals surface area (Å²) in [5.74, 6) is 0. The van der Waals surface area contributed by atoms with E-state index < -0.39 is 0 Å². The van der Waals surface area contributed by atoms with E-state index in [-0.39, 0.29) is 0 Å². The molecule has 0 fully saturated rings. The van der Waals surface area contributed by atoms with E-state index in [1.165, 1.54) is 154 Å². The van der Waals surface area contributed by atoms with Gasteiger partial charge in [0.2, 0.25) is 0 Å². The molecule has 0 aliphatic carbocycles. The van der Waals surface area contributed by atoms with Gasteiger partial charge in [-0.2, -0.15) is 0 Å². The highest BCUT2D eigenvalue weighted by Gasteiger charge is 2.24. The van der Waals surface area contributed by atoms with E-state index in [1.54, 1.807) is 0 Å². The highest BCUT2D eigenvalue weighted by molar-refractivity contribution is 4.97. The minimum absolute atomic E-state index is 0.644. The van der Waals surface area contributed by atoms with Gasteiger partial charge in [0.25, 0.3) is 0 Å². The van der Waals surface area contributed by atoms with E-state index >= 15 is 0 Å². The van der Waals surface area contributed by atoms with Crippen molar-refractivity contribution in [1.82, 2.24) is 9.80 Å². The average molecular weight is 449 g/mol. The van der Waals surface area contributed by atoms with E-state index in [2.05, 4.69) is 43.0 Å². The van der Waals surface area contributed by atoms with Crippen LogP contribution in [0, 0.1) is 0 Å². The van der Waals surface area contributed by atoms with E-state index in [0.717, 1.165) is 0 Å². The topological polar surface area (TPSA) is 6.48 Å². The molecule has 190 valence electrons. The number of hydrogen-bond donors (Lipinski definition) is 0. The summed E-state index contributed by atoms with van der Waals surface area (Å²) in [5.41, 5.74) is 0. The monoisotopic (exact) mass is 448 g/mol. The fraction of sp³-hybridized carbons (Fsp3) is 0.933. The van der Waals surface area contributed by atoms with Crippen molar-refractivity contribution in [3.05, 3.63) is 12.4 Å². The molecule has 1 atom stereocenters. The predicted molar refractivity (Wildman–Crippen MR) is 145 cm³/mol. The predicted octanol–water partition coefficient (Wildman–Crippen LogP) is 10.0. The lowest BCUT2D eigenvalue weighted by Gasteiger charge is -2.33. The second-order valence-corrected chi connectivity index (χ2v) is 10.4. The van der Waals surface area contributed by atoms with Crippen molar-refractivity contribution in [1.29, 1.82) is 0 Å². The van der Waals surface area contributed by atoms with Crippen molar-refractivity contribution >= 4 is 0 Å². The van der Waals surface area contributed by atoms with Crippen LogP contribution in [0.3, 0.4) is 0 Å². The van der Waals surface area contributed by atoms with Crippen LogP contribution >= 0.6 is 0 Å². The minimum Gasteiger partial charge on any atom is -0.356 e. The van der Waals surface area contributed by atoms with Gasteiger partial charge in [0.1, 0.15) is 6.17 Å².